The second-order valence-corrected chi connectivity index (χ2v) is 6.00. The Morgan fingerprint density at radius 1 is 1.29 bits per heavy atom. The summed E-state index contributed by atoms with van der Waals surface area (Å²) in [6.07, 6.45) is 5.88. The fraction of sp³-hybridized carbons (Fsp3) is 0.571. The molecule has 0 aliphatic heterocycles. The second kappa shape index (κ2) is 5.85. The minimum atomic E-state index is -0.170. The van der Waals surface area contributed by atoms with Crippen molar-refractivity contribution in [3.05, 3.63) is 29.6 Å². The molecule has 3 heteroatoms. The molecule has 2 unspecified atom stereocenters. The number of alkyl halides is 1. The molecule has 0 saturated heterocycles. The van der Waals surface area contributed by atoms with Gasteiger partial charge in [-0.25, -0.2) is 4.39 Å². The monoisotopic (exact) mass is 300 g/mol. The van der Waals surface area contributed by atoms with Gasteiger partial charge in [0.2, 0.25) is 0 Å². The highest BCUT2D eigenvalue weighted by atomic mass is 79.9. The lowest BCUT2D eigenvalue weighted by molar-refractivity contribution is 0.400. The third kappa shape index (κ3) is 3.21. The van der Waals surface area contributed by atoms with Gasteiger partial charge < -0.3 is 4.74 Å². The standard InChI is InChI=1S/C14H18BrFO/c1-17-14-7-6-12(16)9-13(14)10-4-2-3-5-11(15)8-10/h6-7,9-11H,2-5,8H2,1H3. The second-order valence-electron chi connectivity index (χ2n) is 4.70. The van der Waals surface area contributed by atoms with Gasteiger partial charge in [0.05, 0.1) is 7.11 Å². The van der Waals surface area contributed by atoms with E-state index in [9.17, 15) is 4.39 Å². The van der Waals surface area contributed by atoms with Gasteiger partial charge in [0.15, 0.2) is 0 Å². The van der Waals surface area contributed by atoms with Gasteiger partial charge in [-0.05, 0) is 43.4 Å². The van der Waals surface area contributed by atoms with E-state index in [4.69, 9.17) is 4.74 Å². The van der Waals surface area contributed by atoms with Crippen LogP contribution in [0.2, 0.25) is 0 Å². The smallest absolute Gasteiger partial charge is 0.123 e. The van der Waals surface area contributed by atoms with E-state index >= 15 is 0 Å². The van der Waals surface area contributed by atoms with Crippen molar-refractivity contribution in [1.29, 1.82) is 0 Å². The van der Waals surface area contributed by atoms with Gasteiger partial charge in [-0.1, -0.05) is 28.8 Å². The molecular weight excluding hydrogens is 283 g/mol. The van der Waals surface area contributed by atoms with Crippen LogP contribution in [-0.4, -0.2) is 11.9 Å². The minimum Gasteiger partial charge on any atom is -0.496 e. The van der Waals surface area contributed by atoms with Crippen LogP contribution < -0.4 is 4.74 Å². The molecule has 2 rings (SSSR count). The van der Waals surface area contributed by atoms with E-state index in [0.717, 1.165) is 24.2 Å². The predicted molar refractivity (Wildman–Crippen MR) is 71.5 cm³/mol. The van der Waals surface area contributed by atoms with E-state index in [1.165, 1.54) is 25.3 Å². The lowest BCUT2D eigenvalue weighted by Gasteiger charge is -2.19. The average molecular weight is 301 g/mol. The van der Waals surface area contributed by atoms with E-state index in [0.29, 0.717) is 10.7 Å². The van der Waals surface area contributed by atoms with Crippen molar-refractivity contribution in [2.45, 2.75) is 42.8 Å². The van der Waals surface area contributed by atoms with Crippen LogP contribution in [0.4, 0.5) is 4.39 Å². The Bertz CT molecular complexity index is 380. The number of rotatable bonds is 2. The summed E-state index contributed by atoms with van der Waals surface area (Å²) in [4.78, 5) is 0.544. The Kier molecular flexibility index (Phi) is 4.43. The maximum absolute atomic E-state index is 13.4. The molecule has 94 valence electrons. The van der Waals surface area contributed by atoms with Crippen molar-refractivity contribution in [3.8, 4) is 5.75 Å². The Hall–Kier alpha value is -0.570. The first-order chi connectivity index (χ1) is 8.20. The molecule has 0 spiro atoms. The van der Waals surface area contributed by atoms with Gasteiger partial charge in [0.25, 0.3) is 0 Å². The Morgan fingerprint density at radius 2 is 2.06 bits per heavy atom. The van der Waals surface area contributed by atoms with Crippen molar-refractivity contribution in [2.24, 2.45) is 0 Å². The lowest BCUT2D eigenvalue weighted by atomic mass is 9.91. The molecule has 0 radical (unpaired) electrons. The van der Waals surface area contributed by atoms with Crippen LogP contribution >= 0.6 is 15.9 Å². The molecule has 1 aliphatic carbocycles. The van der Waals surface area contributed by atoms with Crippen LogP contribution in [0.25, 0.3) is 0 Å². The van der Waals surface area contributed by atoms with E-state index < -0.39 is 0 Å². The molecular formula is C14H18BrFO. The number of hydrogen-bond donors (Lipinski definition) is 0. The molecule has 0 amide bonds. The van der Waals surface area contributed by atoms with Crippen molar-refractivity contribution in [1.82, 2.24) is 0 Å². The van der Waals surface area contributed by atoms with Crippen LogP contribution in [0.15, 0.2) is 18.2 Å². The zero-order chi connectivity index (χ0) is 12.3. The van der Waals surface area contributed by atoms with E-state index in [1.54, 1.807) is 19.2 Å². The fourth-order valence-corrected chi connectivity index (χ4v) is 3.38. The average Bonchev–Trinajstić information content (AvgIpc) is 2.54. The Balaban J connectivity index is 2.27. The van der Waals surface area contributed by atoms with Gasteiger partial charge in [-0.15, -0.1) is 0 Å². The predicted octanol–water partition coefficient (Wildman–Crippen LogP) is 4.65. The first kappa shape index (κ1) is 12.9. The third-order valence-electron chi connectivity index (χ3n) is 3.49. The van der Waals surface area contributed by atoms with Crippen LogP contribution in [0, 0.1) is 5.82 Å². The fourth-order valence-electron chi connectivity index (χ4n) is 2.61. The molecule has 1 aliphatic rings. The van der Waals surface area contributed by atoms with Crippen LogP contribution in [0.5, 0.6) is 5.75 Å². The summed E-state index contributed by atoms with van der Waals surface area (Å²) in [5.74, 6) is 1.06. The summed E-state index contributed by atoms with van der Waals surface area (Å²) >= 11 is 3.71. The van der Waals surface area contributed by atoms with Crippen LogP contribution in [-0.2, 0) is 0 Å². The van der Waals surface area contributed by atoms with E-state index in [-0.39, 0.29) is 5.82 Å². The zero-order valence-electron chi connectivity index (χ0n) is 10.1. The molecule has 0 aromatic heterocycles. The molecule has 1 aromatic rings. The molecule has 1 nitrogen and oxygen atoms in total. The minimum absolute atomic E-state index is 0.170. The SMILES string of the molecule is COc1ccc(F)cc1C1CCCCC(Br)C1. The summed E-state index contributed by atoms with van der Waals surface area (Å²) in [6, 6.07) is 4.83. The van der Waals surface area contributed by atoms with Crippen LogP contribution in [0.1, 0.15) is 43.6 Å². The first-order valence-electron chi connectivity index (χ1n) is 6.18. The quantitative estimate of drug-likeness (QED) is 0.571. The molecule has 0 heterocycles. The van der Waals surface area contributed by atoms with Gasteiger partial charge >= 0.3 is 0 Å². The molecule has 2 atom stereocenters. The van der Waals surface area contributed by atoms with E-state index in [2.05, 4.69) is 15.9 Å². The van der Waals surface area contributed by atoms with E-state index in [1.807, 2.05) is 0 Å². The van der Waals surface area contributed by atoms with Crippen LogP contribution in [0.3, 0.4) is 0 Å². The van der Waals surface area contributed by atoms with Gasteiger partial charge in [-0.3, -0.25) is 0 Å². The molecule has 0 N–H and O–H groups in total. The van der Waals surface area contributed by atoms with Gasteiger partial charge in [0.1, 0.15) is 11.6 Å². The molecule has 17 heavy (non-hydrogen) atoms. The number of ether oxygens (including phenoxy) is 1. The summed E-state index contributed by atoms with van der Waals surface area (Å²) in [6.45, 7) is 0. The van der Waals surface area contributed by atoms with Crippen molar-refractivity contribution >= 4 is 15.9 Å². The number of benzene rings is 1. The summed E-state index contributed by atoms with van der Waals surface area (Å²) in [5.41, 5.74) is 1.03. The summed E-state index contributed by atoms with van der Waals surface area (Å²) in [5, 5.41) is 0. The number of halogens is 2. The maximum Gasteiger partial charge on any atom is 0.123 e. The topological polar surface area (TPSA) is 9.23 Å². The zero-order valence-corrected chi connectivity index (χ0v) is 11.7. The van der Waals surface area contributed by atoms with Gasteiger partial charge in [0, 0.05) is 10.4 Å². The Labute approximate surface area is 110 Å². The third-order valence-corrected chi connectivity index (χ3v) is 4.32. The summed E-state index contributed by atoms with van der Waals surface area (Å²) < 4.78 is 18.7. The molecule has 1 fully saturated rings. The highest BCUT2D eigenvalue weighted by Crippen LogP contribution is 2.38. The highest BCUT2D eigenvalue weighted by Gasteiger charge is 2.22. The normalized spacial score (nSPS) is 25.4. The molecule has 0 bridgehead atoms. The number of hydrogen-bond acceptors (Lipinski definition) is 1. The van der Waals surface area contributed by atoms with Crippen molar-refractivity contribution in [3.63, 3.8) is 0 Å². The molecule has 1 aromatic carbocycles. The van der Waals surface area contributed by atoms with Gasteiger partial charge in [-0.2, -0.15) is 0 Å². The summed E-state index contributed by atoms with van der Waals surface area (Å²) in [7, 11) is 1.65. The largest absolute Gasteiger partial charge is 0.496 e. The maximum atomic E-state index is 13.4. The molecule has 1 saturated carbocycles. The lowest BCUT2D eigenvalue weighted by Crippen LogP contribution is -2.06. The van der Waals surface area contributed by atoms with Crippen molar-refractivity contribution in [2.75, 3.05) is 7.11 Å². The van der Waals surface area contributed by atoms with Crippen molar-refractivity contribution < 1.29 is 9.13 Å². The highest BCUT2D eigenvalue weighted by molar-refractivity contribution is 9.09. The first-order valence-corrected chi connectivity index (χ1v) is 7.09. The Morgan fingerprint density at radius 3 is 2.82 bits per heavy atom. The number of methoxy groups -OCH3 is 1.